The van der Waals surface area contributed by atoms with E-state index in [2.05, 4.69) is 38.2 Å². The normalized spacial score (nSPS) is 12.3. The van der Waals surface area contributed by atoms with Crippen LogP contribution in [0.2, 0.25) is 0 Å². The molecule has 3 N–H and O–H groups in total. The average Bonchev–Trinajstić information content (AvgIpc) is 2.33. The number of amides is 1. The van der Waals surface area contributed by atoms with E-state index in [1.54, 1.807) is 0 Å². The first kappa shape index (κ1) is 13.7. The van der Waals surface area contributed by atoms with E-state index < -0.39 is 0 Å². The van der Waals surface area contributed by atoms with Crippen LogP contribution in [0.5, 0.6) is 0 Å². The Balaban J connectivity index is 2.71. The third-order valence-electron chi connectivity index (χ3n) is 3.42. The molecule has 1 atom stereocenters. The van der Waals surface area contributed by atoms with E-state index in [1.165, 1.54) is 22.3 Å². The Labute approximate surface area is 103 Å². The Kier molecular flexibility index (Phi) is 4.70. The summed E-state index contributed by atoms with van der Waals surface area (Å²) in [6, 6.07) is 4.17. The minimum Gasteiger partial charge on any atom is -0.352 e. The second kappa shape index (κ2) is 5.82. The van der Waals surface area contributed by atoms with Crippen LogP contribution in [-0.4, -0.2) is 12.5 Å². The summed E-state index contributed by atoms with van der Waals surface area (Å²) in [6.45, 7) is 9.10. The van der Waals surface area contributed by atoms with Gasteiger partial charge < -0.3 is 11.1 Å². The molecule has 0 saturated carbocycles. The van der Waals surface area contributed by atoms with Crippen LogP contribution in [0.25, 0.3) is 0 Å². The molecule has 0 fully saturated rings. The fourth-order valence-corrected chi connectivity index (χ4v) is 1.67. The lowest BCUT2D eigenvalue weighted by atomic mass is 9.99. The topological polar surface area (TPSA) is 55.1 Å². The Hall–Kier alpha value is -1.35. The van der Waals surface area contributed by atoms with Crippen LogP contribution in [-0.2, 0) is 11.3 Å². The minimum absolute atomic E-state index is 0.0186. The lowest BCUT2D eigenvalue weighted by Gasteiger charge is -2.14. The van der Waals surface area contributed by atoms with Crippen molar-refractivity contribution in [2.24, 2.45) is 11.7 Å². The van der Waals surface area contributed by atoms with E-state index in [0.29, 0.717) is 13.1 Å². The number of carbonyl (C=O) groups excluding carboxylic acids is 1. The zero-order valence-corrected chi connectivity index (χ0v) is 11.1. The maximum Gasteiger partial charge on any atom is 0.224 e. The second-order valence-corrected chi connectivity index (χ2v) is 4.65. The highest BCUT2D eigenvalue weighted by Crippen LogP contribution is 2.16. The molecule has 1 unspecified atom stereocenters. The summed E-state index contributed by atoms with van der Waals surface area (Å²) in [6.07, 6.45) is 0. The van der Waals surface area contributed by atoms with Crippen LogP contribution in [0.3, 0.4) is 0 Å². The van der Waals surface area contributed by atoms with Crippen molar-refractivity contribution in [3.05, 3.63) is 34.4 Å². The average molecular weight is 234 g/mol. The molecule has 0 aliphatic carbocycles. The van der Waals surface area contributed by atoms with Gasteiger partial charge >= 0.3 is 0 Å². The number of nitrogens with one attached hydrogen (secondary N) is 1. The predicted molar refractivity (Wildman–Crippen MR) is 70.7 cm³/mol. The molecule has 1 aromatic carbocycles. The Bertz CT molecular complexity index is 413. The summed E-state index contributed by atoms with van der Waals surface area (Å²) < 4.78 is 0. The highest BCUT2D eigenvalue weighted by atomic mass is 16.1. The third-order valence-corrected chi connectivity index (χ3v) is 3.42. The molecule has 1 amide bonds. The van der Waals surface area contributed by atoms with E-state index in [0.717, 1.165) is 0 Å². The molecule has 0 spiro atoms. The maximum atomic E-state index is 11.6. The number of hydrogen-bond acceptors (Lipinski definition) is 2. The molecule has 1 rings (SSSR count). The molecule has 17 heavy (non-hydrogen) atoms. The summed E-state index contributed by atoms with van der Waals surface area (Å²) in [5.41, 5.74) is 10.5. The van der Waals surface area contributed by atoms with Crippen molar-refractivity contribution < 1.29 is 4.79 Å². The first-order valence-electron chi connectivity index (χ1n) is 6.00. The van der Waals surface area contributed by atoms with Crippen molar-refractivity contribution in [2.45, 2.75) is 34.2 Å². The number of rotatable bonds is 4. The van der Waals surface area contributed by atoms with Crippen LogP contribution in [0.1, 0.15) is 29.2 Å². The molecule has 0 aromatic heterocycles. The van der Waals surface area contributed by atoms with Gasteiger partial charge in [-0.15, -0.1) is 0 Å². The van der Waals surface area contributed by atoms with Crippen LogP contribution >= 0.6 is 0 Å². The molecule has 0 aliphatic heterocycles. The first-order valence-corrected chi connectivity index (χ1v) is 6.00. The predicted octanol–water partition coefficient (Wildman–Crippen LogP) is 1.82. The van der Waals surface area contributed by atoms with Crippen molar-refractivity contribution in [3.63, 3.8) is 0 Å². The number of nitrogens with two attached hydrogens (primary N) is 1. The maximum absolute atomic E-state index is 11.6. The highest BCUT2D eigenvalue weighted by molar-refractivity contribution is 5.78. The van der Waals surface area contributed by atoms with Gasteiger partial charge in [0.2, 0.25) is 5.91 Å². The molecule has 0 heterocycles. The number of aryl methyl sites for hydroxylation is 1. The second-order valence-electron chi connectivity index (χ2n) is 4.65. The first-order chi connectivity index (χ1) is 7.97. The summed E-state index contributed by atoms with van der Waals surface area (Å²) in [5, 5.41) is 2.92. The van der Waals surface area contributed by atoms with Crippen molar-refractivity contribution in [1.29, 1.82) is 0 Å². The Morgan fingerprint density at radius 3 is 2.53 bits per heavy atom. The highest BCUT2D eigenvalue weighted by Gasteiger charge is 2.11. The molecule has 0 bridgehead atoms. The van der Waals surface area contributed by atoms with Crippen LogP contribution in [0.15, 0.2) is 12.1 Å². The van der Waals surface area contributed by atoms with Crippen LogP contribution in [0.4, 0.5) is 0 Å². The smallest absolute Gasteiger partial charge is 0.224 e. The molecular weight excluding hydrogens is 212 g/mol. The van der Waals surface area contributed by atoms with E-state index in [1.807, 2.05) is 6.92 Å². The van der Waals surface area contributed by atoms with E-state index in [9.17, 15) is 4.79 Å². The zero-order chi connectivity index (χ0) is 13.0. The Morgan fingerprint density at radius 1 is 1.29 bits per heavy atom. The Morgan fingerprint density at radius 2 is 1.94 bits per heavy atom. The van der Waals surface area contributed by atoms with E-state index >= 15 is 0 Å². The fraction of sp³-hybridized carbons (Fsp3) is 0.500. The lowest BCUT2D eigenvalue weighted by molar-refractivity contribution is -0.124. The standard InChI is InChI=1S/C14H22N2O/c1-9-5-6-13(12(4)11(9)3)8-16-14(17)10(2)7-15/h5-6,10H,7-8,15H2,1-4H3,(H,16,17). The minimum atomic E-state index is -0.123. The molecular formula is C14H22N2O. The van der Waals surface area contributed by atoms with Gasteiger partial charge in [0.25, 0.3) is 0 Å². The van der Waals surface area contributed by atoms with Crippen molar-refractivity contribution >= 4 is 5.91 Å². The largest absolute Gasteiger partial charge is 0.352 e. The van der Waals surface area contributed by atoms with Gasteiger partial charge in [-0.3, -0.25) is 4.79 Å². The summed E-state index contributed by atoms with van der Waals surface area (Å²) in [7, 11) is 0. The van der Waals surface area contributed by atoms with Gasteiger partial charge in [0, 0.05) is 19.0 Å². The van der Waals surface area contributed by atoms with Crippen LogP contribution in [0, 0.1) is 26.7 Å². The van der Waals surface area contributed by atoms with Crippen molar-refractivity contribution in [2.75, 3.05) is 6.54 Å². The fourth-order valence-electron chi connectivity index (χ4n) is 1.67. The van der Waals surface area contributed by atoms with Gasteiger partial charge in [-0.2, -0.15) is 0 Å². The molecule has 0 radical (unpaired) electrons. The third kappa shape index (κ3) is 3.30. The summed E-state index contributed by atoms with van der Waals surface area (Å²) >= 11 is 0. The van der Waals surface area contributed by atoms with Crippen molar-refractivity contribution in [1.82, 2.24) is 5.32 Å². The van der Waals surface area contributed by atoms with Gasteiger partial charge in [0.1, 0.15) is 0 Å². The van der Waals surface area contributed by atoms with Gasteiger partial charge in [-0.25, -0.2) is 0 Å². The van der Waals surface area contributed by atoms with Crippen LogP contribution < -0.4 is 11.1 Å². The van der Waals surface area contributed by atoms with Crippen molar-refractivity contribution in [3.8, 4) is 0 Å². The molecule has 94 valence electrons. The molecule has 0 saturated heterocycles. The number of carbonyl (C=O) groups is 1. The van der Waals surface area contributed by atoms with Gasteiger partial charge in [0.05, 0.1) is 0 Å². The summed E-state index contributed by atoms with van der Waals surface area (Å²) in [4.78, 5) is 11.6. The summed E-state index contributed by atoms with van der Waals surface area (Å²) in [5.74, 6) is -0.105. The quantitative estimate of drug-likeness (QED) is 0.835. The van der Waals surface area contributed by atoms with Gasteiger partial charge in [-0.1, -0.05) is 19.1 Å². The van der Waals surface area contributed by atoms with Gasteiger partial charge in [0.15, 0.2) is 0 Å². The lowest BCUT2D eigenvalue weighted by Crippen LogP contribution is -2.33. The van der Waals surface area contributed by atoms with E-state index in [-0.39, 0.29) is 11.8 Å². The van der Waals surface area contributed by atoms with Gasteiger partial charge in [-0.05, 0) is 43.0 Å². The number of benzene rings is 1. The monoisotopic (exact) mass is 234 g/mol. The SMILES string of the molecule is Cc1ccc(CNC(=O)C(C)CN)c(C)c1C. The molecule has 0 aliphatic rings. The molecule has 1 aromatic rings. The molecule has 3 heteroatoms. The molecule has 3 nitrogen and oxygen atoms in total. The zero-order valence-electron chi connectivity index (χ0n) is 11.1. The number of hydrogen-bond donors (Lipinski definition) is 2. The van der Waals surface area contributed by atoms with E-state index in [4.69, 9.17) is 5.73 Å².